The molecular formula is C5H5ClF3NO2. The van der Waals surface area contributed by atoms with Crippen LogP contribution < -0.4 is 0 Å². The minimum absolute atomic E-state index is 0.204. The van der Waals surface area contributed by atoms with Gasteiger partial charge in [0.25, 0.3) is 0 Å². The maximum absolute atomic E-state index is 11.6. The van der Waals surface area contributed by atoms with Crippen LogP contribution in [-0.2, 0) is 9.59 Å². The number of amides is 1. The first kappa shape index (κ1) is 11.2. The molecule has 3 nitrogen and oxygen atoms in total. The molecule has 0 aromatic rings. The van der Waals surface area contributed by atoms with Crippen molar-refractivity contribution >= 4 is 22.8 Å². The zero-order chi connectivity index (χ0) is 9.94. The Morgan fingerprint density at radius 3 is 2.08 bits per heavy atom. The van der Waals surface area contributed by atoms with Gasteiger partial charge in [0, 0.05) is 7.05 Å². The predicted molar refractivity (Wildman–Crippen MR) is 34.6 cm³/mol. The first-order valence-corrected chi connectivity index (χ1v) is 3.13. The number of carbonyl (C=O) groups is 2. The second-order valence-corrected chi connectivity index (χ2v) is 2.39. The van der Waals surface area contributed by atoms with E-state index in [1.54, 1.807) is 0 Å². The minimum Gasteiger partial charge on any atom is -0.329 e. The van der Waals surface area contributed by atoms with Crippen LogP contribution in [0, 0.1) is 0 Å². The van der Waals surface area contributed by atoms with Crippen molar-refractivity contribution in [2.75, 3.05) is 13.6 Å². The summed E-state index contributed by atoms with van der Waals surface area (Å²) in [7, 11) is 0.843. The molecule has 0 aliphatic rings. The number of alkyl halides is 3. The van der Waals surface area contributed by atoms with Crippen LogP contribution in [0.5, 0.6) is 0 Å². The summed E-state index contributed by atoms with van der Waals surface area (Å²) in [5.74, 6) is -1.37. The highest BCUT2D eigenvalue weighted by Crippen LogP contribution is 2.15. The molecule has 7 heteroatoms. The first-order valence-electron chi connectivity index (χ1n) is 2.75. The Kier molecular flexibility index (Phi) is 3.51. The van der Waals surface area contributed by atoms with Gasteiger partial charge >= 0.3 is 17.3 Å². The summed E-state index contributed by atoms with van der Waals surface area (Å²) in [5, 5.41) is -1.43. The maximum atomic E-state index is 11.6. The zero-order valence-corrected chi connectivity index (χ0v) is 6.74. The van der Waals surface area contributed by atoms with Gasteiger partial charge in [0.15, 0.2) is 0 Å². The second-order valence-electron chi connectivity index (χ2n) is 2.05. The lowest BCUT2D eigenvalue weighted by Crippen LogP contribution is -2.38. The molecule has 0 aliphatic carbocycles. The quantitative estimate of drug-likeness (QED) is 0.491. The van der Waals surface area contributed by atoms with Crippen molar-refractivity contribution in [3.63, 3.8) is 0 Å². The number of halogens is 4. The highest BCUT2D eigenvalue weighted by atomic mass is 35.5. The molecule has 0 rings (SSSR count). The third-order valence-electron chi connectivity index (χ3n) is 0.931. The van der Waals surface area contributed by atoms with Crippen LogP contribution in [0.1, 0.15) is 0 Å². The van der Waals surface area contributed by atoms with Gasteiger partial charge in [0.2, 0.25) is 0 Å². The lowest BCUT2D eigenvalue weighted by Gasteiger charge is -2.16. The fourth-order valence-electron chi connectivity index (χ4n) is 0.491. The molecule has 0 heterocycles. The molecule has 0 aromatic heterocycles. The summed E-state index contributed by atoms with van der Waals surface area (Å²) in [6, 6.07) is 0. The summed E-state index contributed by atoms with van der Waals surface area (Å²) in [6.45, 7) is -1.48. The Morgan fingerprint density at radius 1 is 1.42 bits per heavy atom. The van der Waals surface area contributed by atoms with Gasteiger partial charge in [0.05, 0.1) is 0 Å². The Labute approximate surface area is 71.1 Å². The van der Waals surface area contributed by atoms with E-state index in [1.807, 2.05) is 0 Å². The summed E-state index contributed by atoms with van der Waals surface area (Å²) in [5.41, 5.74) is 0. The highest BCUT2D eigenvalue weighted by Gasteiger charge is 2.32. The maximum Gasteiger partial charge on any atom is 0.406 e. The van der Waals surface area contributed by atoms with Crippen molar-refractivity contribution in [1.29, 1.82) is 0 Å². The Balaban J connectivity index is 4.14. The lowest BCUT2D eigenvalue weighted by atomic mass is 10.5. The van der Waals surface area contributed by atoms with Crippen LogP contribution >= 0.6 is 11.6 Å². The van der Waals surface area contributed by atoms with E-state index in [1.165, 1.54) is 0 Å². The van der Waals surface area contributed by atoms with E-state index in [0.29, 0.717) is 0 Å². The highest BCUT2D eigenvalue weighted by molar-refractivity contribution is 6.80. The van der Waals surface area contributed by atoms with E-state index >= 15 is 0 Å². The average molecular weight is 204 g/mol. The number of carbonyl (C=O) groups excluding carboxylic acids is 2. The molecule has 0 radical (unpaired) electrons. The van der Waals surface area contributed by atoms with E-state index in [2.05, 4.69) is 11.6 Å². The summed E-state index contributed by atoms with van der Waals surface area (Å²) in [6.07, 6.45) is -4.52. The van der Waals surface area contributed by atoms with Gasteiger partial charge in [-0.1, -0.05) is 0 Å². The van der Waals surface area contributed by atoms with Crippen LogP contribution in [0.4, 0.5) is 13.2 Å². The number of hydrogen-bond acceptors (Lipinski definition) is 2. The minimum atomic E-state index is -4.52. The topological polar surface area (TPSA) is 37.4 Å². The number of likely N-dealkylation sites (N-methyl/N-ethyl adjacent to an activating group) is 1. The van der Waals surface area contributed by atoms with Gasteiger partial charge < -0.3 is 4.90 Å². The van der Waals surface area contributed by atoms with Crippen molar-refractivity contribution < 1.29 is 22.8 Å². The fraction of sp³-hybridized carbons (Fsp3) is 0.600. The summed E-state index contributed by atoms with van der Waals surface area (Å²) >= 11 is 4.65. The molecule has 0 spiro atoms. The molecule has 0 unspecified atom stereocenters. The van der Waals surface area contributed by atoms with E-state index in [0.717, 1.165) is 7.05 Å². The Hall–Kier alpha value is -0.780. The van der Waals surface area contributed by atoms with Crippen LogP contribution in [0.15, 0.2) is 0 Å². The van der Waals surface area contributed by atoms with Gasteiger partial charge in [-0.2, -0.15) is 13.2 Å². The SMILES string of the molecule is CN(CC(F)(F)F)C(=O)C(=O)Cl. The molecule has 12 heavy (non-hydrogen) atoms. The molecular weight excluding hydrogens is 199 g/mol. The molecule has 0 fully saturated rings. The smallest absolute Gasteiger partial charge is 0.329 e. The lowest BCUT2D eigenvalue weighted by molar-refractivity contribution is -0.160. The van der Waals surface area contributed by atoms with E-state index < -0.39 is 23.9 Å². The molecule has 0 atom stereocenters. The van der Waals surface area contributed by atoms with Crippen molar-refractivity contribution in [1.82, 2.24) is 4.90 Å². The Morgan fingerprint density at radius 2 is 1.83 bits per heavy atom. The van der Waals surface area contributed by atoms with Gasteiger partial charge in [-0.05, 0) is 11.6 Å². The van der Waals surface area contributed by atoms with Gasteiger partial charge in [-0.15, -0.1) is 0 Å². The third-order valence-corrected chi connectivity index (χ3v) is 1.09. The van der Waals surface area contributed by atoms with Crippen LogP contribution in [-0.4, -0.2) is 35.8 Å². The van der Waals surface area contributed by atoms with Crippen LogP contribution in [0.2, 0.25) is 0 Å². The van der Waals surface area contributed by atoms with E-state index in [-0.39, 0.29) is 4.90 Å². The number of nitrogens with zero attached hydrogens (tertiary/aromatic N) is 1. The monoisotopic (exact) mass is 203 g/mol. The molecule has 0 aromatic carbocycles. The first-order chi connectivity index (χ1) is 5.24. The number of hydrogen-bond donors (Lipinski definition) is 0. The van der Waals surface area contributed by atoms with Crippen molar-refractivity contribution in [3.05, 3.63) is 0 Å². The van der Waals surface area contributed by atoms with E-state index in [4.69, 9.17) is 0 Å². The molecule has 0 saturated carbocycles. The second kappa shape index (κ2) is 3.75. The molecule has 0 saturated heterocycles. The molecule has 1 amide bonds. The van der Waals surface area contributed by atoms with Crippen molar-refractivity contribution in [2.24, 2.45) is 0 Å². The average Bonchev–Trinajstić information content (AvgIpc) is 1.82. The molecule has 0 N–H and O–H groups in total. The molecule has 70 valence electrons. The standard InChI is InChI=1S/C5H5ClF3NO2/c1-10(2-5(7,8)9)4(12)3(6)11/h2H2,1H3. The van der Waals surface area contributed by atoms with Crippen molar-refractivity contribution in [2.45, 2.75) is 6.18 Å². The molecule has 0 bridgehead atoms. The van der Waals surface area contributed by atoms with E-state index in [9.17, 15) is 22.8 Å². The molecule has 0 aliphatic heterocycles. The Bertz CT molecular complexity index is 203. The number of rotatable bonds is 2. The largest absolute Gasteiger partial charge is 0.406 e. The zero-order valence-electron chi connectivity index (χ0n) is 5.98. The van der Waals surface area contributed by atoms with Crippen LogP contribution in [0.25, 0.3) is 0 Å². The van der Waals surface area contributed by atoms with Gasteiger partial charge in [-0.3, -0.25) is 9.59 Å². The predicted octanol–water partition coefficient (Wildman–Crippen LogP) is 0.772. The summed E-state index contributed by atoms with van der Waals surface area (Å²) < 4.78 is 34.7. The van der Waals surface area contributed by atoms with Crippen molar-refractivity contribution in [3.8, 4) is 0 Å². The summed E-state index contributed by atoms with van der Waals surface area (Å²) in [4.78, 5) is 20.7. The normalized spacial score (nSPS) is 11.1. The fourth-order valence-corrected chi connectivity index (χ4v) is 0.635. The van der Waals surface area contributed by atoms with Gasteiger partial charge in [0.1, 0.15) is 6.54 Å². The van der Waals surface area contributed by atoms with Crippen LogP contribution in [0.3, 0.4) is 0 Å². The van der Waals surface area contributed by atoms with Gasteiger partial charge in [-0.25, -0.2) is 0 Å². The third kappa shape index (κ3) is 4.17.